The second-order valence-corrected chi connectivity index (χ2v) is 6.70. The van der Waals surface area contributed by atoms with Crippen LogP contribution in [0.15, 0.2) is 0 Å². The van der Waals surface area contributed by atoms with E-state index in [1.165, 1.54) is 24.2 Å². The first-order valence-electron chi connectivity index (χ1n) is 7.61. The van der Waals surface area contributed by atoms with Crippen LogP contribution in [0.1, 0.15) is 37.9 Å². The molecule has 5 heteroatoms. The molecule has 0 aromatic carbocycles. The minimum atomic E-state index is -0.0857. The van der Waals surface area contributed by atoms with Crippen molar-refractivity contribution in [1.29, 1.82) is 0 Å². The zero-order valence-corrected chi connectivity index (χ0v) is 13.1. The lowest BCUT2D eigenvalue weighted by atomic mass is 10.1. The molecule has 1 saturated carbocycles. The van der Waals surface area contributed by atoms with Gasteiger partial charge in [0.15, 0.2) is 0 Å². The molecule has 0 radical (unpaired) electrons. The first kappa shape index (κ1) is 13.9. The van der Waals surface area contributed by atoms with E-state index in [-0.39, 0.29) is 5.60 Å². The second kappa shape index (κ2) is 5.04. The number of ether oxygens (including phenoxy) is 1. The fraction of sp³-hybridized carbons (Fsp3) is 0.800. The van der Waals surface area contributed by atoms with Gasteiger partial charge >= 0.3 is 0 Å². The molecular formula is C15H26N4O. The number of anilines is 1. The maximum absolute atomic E-state index is 5.82. The normalized spacial score (nSPS) is 22.3. The van der Waals surface area contributed by atoms with Crippen LogP contribution < -0.4 is 10.2 Å². The molecule has 1 aromatic rings. The van der Waals surface area contributed by atoms with Crippen LogP contribution in [0, 0.1) is 6.92 Å². The summed E-state index contributed by atoms with van der Waals surface area (Å²) in [6.45, 7) is 10.00. The number of rotatable bonds is 4. The number of nitrogens with zero attached hydrogens (tertiary/aromatic N) is 3. The van der Waals surface area contributed by atoms with E-state index < -0.39 is 0 Å². The Kier molecular flexibility index (Phi) is 3.50. The Bertz CT molecular complexity index is 490. The third-order valence-corrected chi connectivity index (χ3v) is 4.18. The Morgan fingerprint density at radius 2 is 2.15 bits per heavy atom. The monoisotopic (exact) mass is 278 g/mol. The highest BCUT2D eigenvalue weighted by Crippen LogP contribution is 2.29. The first-order chi connectivity index (χ1) is 9.46. The van der Waals surface area contributed by atoms with Gasteiger partial charge in [-0.05, 0) is 33.6 Å². The van der Waals surface area contributed by atoms with E-state index in [0.717, 1.165) is 38.0 Å². The molecule has 2 heterocycles. The number of morpholine rings is 1. The lowest BCUT2D eigenvalue weighted by Gasteiger charge is -2.39. The van der Waals surface area contributed by atoms with Gasteiger partial charge in [-0.3, -0.25) is 4.68 Å². The molecular weight excluding hydrogens is 252 g/mol. The van der Waals surface area contributed by atoms with Crippen molar-refractivity contribution in [2.45, 2.75) is 51.8 Å². The van der Waals surface area contributed by atoms with Crippen molar-refractivity contribution in [3.63, 3.8) is 0 Å². The van der Waals surface area contributed by atoms with E-state index in [0.29, 0.717) is 0 Å². The minimum absolute atomic E-state index is 0.0857. The van der Waals surface area contributed by atoms with Crippen molar-refractivity contribution in [1.82, 2.24) is 15.1 Å². The molecule has 3 rings (SSSR count). The molecule has 1 aliphatic heterocycles. The Morgan fingerprint density at radius 3 is 2.80 bits per heavy atom. The zero-order valence-electron chi connectivity index (χ0n) is 13.1. The summed E-state index contributed by atoms with van der Waals surface area (Å²) >= 11 is 0. The van der Waals surface area contributed by atoms with Crippen molar-refractivity contribution in [2.75, 3.05) is 24.6 Å². The third kappa shape index (κ3) is 2.83. The lowest BCUT2D eigenvalue weighted by Crippen LogP contribution is -2.49. The Balaban J connectivity index is 1.82. The van der Waals surface area contributed by atoms with Crippen LogP contribution in [0.5, 0.6) is 0 Å². The predicted octanol–water partition coefficient (Wildman–Crippen LogP) is 1.60. The molecule has 0 amide bonds. The fourth-order valence-corrected chi connectivity index (χ4v) is 3.02. The van der Waals surface area contributed by atoms with Crippen LogP contribution in [0.3, 0.4) is 0 Å². The molecule has 1 aliphatic carbocycles. The van der Waals surface area contributed by atoms with Crippen LogP contribution in [0.25, 0.3) is 0 Å². The van der Waals surface area contributed by atoms with Gasteiger partial charge in [0.05, 0.1) is 17.9 Å². The Morgan fingerprint density at radius 1 is 1.40 bits per heavy atom. The molecule has 1 aromatic heterocycles. The molecule has 1 saturated heterocycles. The highest BCUT2D eigenvalue weighted by atomic mass is 16.5. The van der Waals surface area contributed by atoms with Gasteiger partial charge in [0.25, 0.3) is 0 Å². The van der Waals surface area contributed by atoms with Crippen molar-refractivity contribution >= 4 is 5.82 Å². The molecule has 0 bridgehead atoms. The smallest absolute Gasteiger partial charge is 0.131 e. The van der Waals surface area contributed by atoms with Gasteiger partial charge in [0.1, 0.15) is 5.82 Å². The van der Waals surface area contributed by atoms with E-state index in [9.17, 15) is 0 Å². The minimum Gasteiger partial charge on any atom is -0.372 e. The Labute approximate surface area is 121 Å². The average molecular weight is 278 g/mol. The van der Waals surface area contributed by atoms with Crippen LogP contribution in [-0.2, 0) is 18.3 Å². The number of hydrogen-bond acceptors (Lipinski definition) is 4. The van der Waals surface area contributed by atoms with Gasteiger partial charge in [-0.15, -0.1) is 0 Å². The number of aromatic nitrogens is 2. The first-order valence-corrected chi connectivity index (χ1v) is 7.61. The van der Waals surface area contributed by atoms with E-state index in [2.05, 4.69) is 36.1 Å². The van der Waals surface area contributed by atoms with Crippen molar-refractivity contribution in [3.05, 3.63) is 11.3 Å². The highest BCUT2D eigenvalue weighted by Gasteiger charge is 2.31. The topological polar surface area (TPSA) is 42.3 Å². The van der Waals surface area contributed by atoms with Crippen molar-refractivity contribution in [2.24, 2.45) is 7.05 Å². The van der Waals surface area contributed by atoms with Crippen LogP contribution in [0.2, 0.25) is 0 Å². The molecule has 1 N–H and O–H groups in total. The summed E-state index contributed by atoms with van der Waals surface area (Å²) in [7, 11) is 2.05. The summed E-state index contributed by atoms with van der Waals surface area (Å²) in [5.74, 6) is 1.26. The summed E-state index contributed by atoms with van der Waals surface area (Å²) < 4.78 is 7.85. The van der Waals surface area contributed by atoms with Gasteiger partial charge in [-0.1, -0.05) is 0 Å². The lowest BCUT2D eigenvalue weighted by molar-refractivity contribution is -0.0281. The van der Waals surface area contributed by atoms with Gasteiger partial charge in [-0.25, -0.2) is 0 Å². The average Bonchev–Trinajstić information content (AvgIpc) is 3.12. The van der Waals surface area contributed by atoms with E-state index in [4.69, 9.17) is 4.74 Å². The van der Waals surface area contributed by atoms with E-state index >= 15 is 0 Å². The molecule has 2 aliphatic rings. The number of aryl methyl sites for hydroxylation is 2. The summed E-state index contributed by atoms with van der Waals surface area (Å²) in [5, 5.41) is 8.24. The summed E-state index contributed by atoms with van der Waals surface area (Å²) in [6, 6.07) is 0.726. The van der Waals surface area contributed by atoms with Crippen molar-refractivity contribution in [3.8, 4) is 0 Å². The maximum atomic E-state index is 5.82. The molecule has 0 spiro atoms. The zero-order chi connectivity index (χ0) is 14.3. The van der Waals surface area contributed by atoms with Crippen molar-refractivity contribution < 1.29 is 4.74 Å². The summed E-state index contributed by atoms with van der Waals surface area (Å²) in [5.41, 5.74) is 2.40. The molecule has 5 nitrogen and oxygen atoms in total. The largest absolute Gasteiger partial charge is 0.372 e. The molecule has 2 fully saturated rings. The van der Waals surface area contributed by atoms with Crippen LogP contribution in [0.4, 0.5) is 5.82 Å². The molecule has 20 heavy (non-hydrogen) atoms. The van der Waals surface area contributed by atoms with Gasteiger partial charge in [0, 0.05) is 38.3 Å². The van der Waals surface area contributed by atoms with E-state index in [1.54, 1.807) is 0 Å². The SMILES string of the molecule is Cc1nn(C)c(N2CCOC(C)(C)C2)c1CNC1CC1. The van der Waals surface area contributed by atoms with Gasteiger partial charge in [0.2, 0.25) is 0 Å². The summed E-state index contributed by atoms with van der Waals surface area (Å²) in [4.78, 5) is 2.42. The third-order valence-electron chi connectivity index (χ3n) is 4.18. The second-order valence-electron chi connectivity index (χ2n) is 6.70. The number of hydrogen-bond donors (Lipinski definition) is 1. The molecule has 0 unspecified atom stereocenters. The van der Waals surface area contributed by atoms with Gasteiger partial charge < -0.3 is 15.0 Å². The van der Waals surface area contributed by atoms with Gasteiger partial charge in [-0.2, -0.15) is 5.10 Å². The summed E-state index contributed by atoms with van der Waals surface area (Å²) in [6.07, 6.45) is 2.64. The number of nitrogens with one attached hydrogen (secondary N) is 1. The highest BCUT2D eigenvalue weighted by molar-refractivity contribution is 5.51. The quantitative estimate of drug-likeness (QED) is 0.908. The molecule has 0 atom stereocenters. The van der Waals surface area contributed by atoms with E-state index in [1.807, 2.05) is 11.7 Å². The fourth-order valence-electron chi connectivity index (χ4n) is 3.02. The van der Waals surface area contributed by atoms with Crippen LogP contribution in [-0.4, -0.2) is 41.1 Å². The standard InChI is InChI=1S/C15H26N4O/c1-11-13(9-16-12-5-6-12)14(18(4)17-11)19-7-8-20-15(2,3)10-19/h12,16H,5-10H2,1-4H3. The Hall–Kier alpha value is -1.07. The van der Waals surface area contributed by atoms with Crippen LogP contribution >= 0.6 is 0 Å². The molecule has 112 valence electrons. The predicted molar refractivity (Wildman–Crippen MR) is 80.1 cm³/mol. The maximum Gasteiger partial charge on any atom is 0.131 e.